The van der Waals surface area contributed by atoms with Crippen molar-refractivity contribution in [3.05, 3.63) is 70.5 Å². The molecule has 0 atom stereocenters. The van der Waals surface area contributed by atoms with E-state index in [1.807, 2.05) is 55.5 Å². The maximum atomic E-state index is 6.13. The largest absolute Gasteiger partial charge is 0.334 e. The zero-order valence-electron chi connectivity index (χ0n) is 11.0. The Kier molecular flexibility index (Phi) is 3.52. The van der Waals surface area contributed by atoms with Crippen LogP contribution in [0.25, 0.3) is 11.5 Å². The number of aryl methyl sites for hydroxylation is 1. The summed E-state index contributed by atoms with van der Waals surface area (Å²) in [5, 5.41) is 4.73. The molecule has 3 nitrogen and oxygen atoms in total. The van der Waals surface area contributed by atoms with Crippen LogP contribution in [0.4, 0.5) is 0 Å². The zero-order chi connectivity index (χ0) is 13.9. The first kappa shape index (κ1) is 12.9. The molecule has 0 fully saturated rings. The fraction of sp³-hybridized carbons (Fsp3) is 0.125. The van der Waals surface area contributed by atoms with Gasteiger partial charge in [-0.15, -0.1) is 0 Å². The summed E-state index contributed by atoms with van der Waals surface area (Å²) in [4.78, 5) is 4.42. The Labute approximate surface area is 122 Å². The van der Waals surface area contributed by atoms with Crippen molar-refractivity contribution in [1.29, 1.82) is 0 Å². The Morgan fingerprint density at radius 3 is 2.75 bits per heavy atom. The lowest BCUT2D eigenvalue weighted by Gasteiger charge is -1.99. The van der Waals surface area contributed by atoms with Crippen molar-refractivity contribution in [2.24, 2.45) is 0 Å². The van der Waals surface area contributed by atoms with Gasteiger partial charge in [0.2, 0.25) is 0 Å². The number of nitrogens with zero attached hydrogens (tertiary/aromatic N) is 2. The molecule has 0 bridgehead atoms. The van der Waals surface area contributed by atoms with E-state index in [0.29, 0.717) is 18.1 Å². The molecule has 0 saturated carbocycles. The molecule has 20 heavy (non-hydrogen) atoms. The van der Waals surface area contributed by atoms with Crippen molar-refractivity contribution in [3.63, 3.8) is 0 Å². The predicted molar refractivity (Wildman–Crippen MR) is 78.7 cm³/mol. The Morgan fingerprint density at radius 2 is 1.95 bits per heavy atom. The van der Waals surface area contributed by atoms with Gasteiger partial charge in [0.25, 0.3) is 5.89 Å². The van der Waals surface area contributed by atoms with Crippen LogP contribution in [0.15, 0.2) is 53.1 Å². The number of halogens is 1. The predicted octanol–water partition coefficient (Wildman–Crippen LogP) is 4.29. The summed E-state index contributed by atoms with van der Waals surface area (Å²) in [6, 6.07) is 15.7. The van der Waals surface area contributed by atoms with Gasteiger partial charge in [0.15, 0.2) is 5.82 Å². The van der Waals surface area contributed by atoms with Gasteiger partial charge in [-0.25, -0.2) is 0 Å². The molecule has 0 aliphatic rings. The maximum absolute atomic E-state index is 6.13. The lowest BCUT2D eigenvalue weighted by Crippen LogP contribution is -1.91. The van der Waals surface area contributed by atoms with Gasteiger partial charge < -0.3 is 4.52 Å². The molecular formula is C16H13ClN2O. The second-order valence-corrected chi connectivity index (χ2v) is 5.06. The Bertz CT molecular complexity index is 737. The molecule has 100 valence electrons. The van der Waals surface area contributed by atoms with Gasteiger partial charge in [-0.05, 0) is 30.7 Å². The lowest BCUT2D eigenvalue weighted by atomic mass is 10.1. The molecule has 0 radical (unpaired) electrons. The van der Waals surface area contributed by atoms with E-state index in [0.717, 1.165) is 21.7 Å². The van der Waals surface area contributed by atoms with Gasteiger partial charge >= 0.3 is 0 Å². The molecule has 0 unspecified atom stereocenters. The molecule has 3 rings (SSSR count). The fourth-order valence-electron chi connectivity index (χ4n) is 2.03. The van der Waals surface area contributed by atoms with Crippen LogP contribution in [0.2, 0.25) is 5.02 Å². The monoisotopic (exact) mass is 284 g/mol. The summed E-state index contributed by atoms with van der Waals surface area (Å²) in [6.07, 6.45) is 0.564. The third-order valence-corrected chi connectivity index (χ3v) is 3.41. The van der Waals surface area contributed by atoms with Gasteiger partial charge in [0, 0.05) is 17.0 Å². The first-order chi connectivity index (χ1) is 9.72. The number of hydrogen-bond acceptors (Lipinski definition) is 3. The summed E-state index contributed by atoms with van der Waals surface area (Å²) >= 11 is 6.13. The molecule has 4 heteroatoms. The molecule has 0 aliphatic heterocycles. The third kappa shape index (κ3) is 2.73. The van der Waals surface area contributed by atoms with Gasteiger partial charge in [-0.1, -0.05) is 52.7 Å². The molecule has 1 heterocycles. The molecule has 2 aromatic carbocycles. The minimum atomic E-state index is 0.538. The van der Waals surface area contributed by atoms with Crippen LogP contribution in [-0.4, -0.2) is 10.1 Å². The topological polar surface area (TPSA) is 38.9 Å². The first-order valence-corrected chi connectivity index (χ1v) is 6.73. The SMILES string of the molecule is Cc1cccc(-c2nc(Cc3ccccc3Cl)no2)c1. The lowest BCUT2D eigenvalue weighted by molar-refractivity contribution is 0.424. The zero-order valence-corrected chi connectivity index (χ0v) is 11.8. The van der Waals surface area contributed by atoms with Crippen LogP contribution in [0.3, 0.4) is 0 Å². The van der Waals surface area contributed by atoms with Crippen LogP contribution in [-0.2, 0) is 6.42 Å². The van der Waals surface area contributed by atoms with Crippen molar-refractivity contribution < 1.29 is 4.52 Å². The minimum absolute atomic E-state index is 0.538. The first-order valence-electron chi connectivity index (χ1n) is 6.35. The molecule has 0 N–H and O–H groups in total. The number of hydrogen-bond donors (Lipinski definition) is 0. The second-order valence-electron chi connectivity index (χ2n) is 4.65. The molecule has 0 spiro atoms. The number of benzene rings is 2. The van der Waals surface area contributed by atoms with Crippen LogP contribution in [0.1, 0.15) is 17.0 Å². The highest BCUT2D eigenvalue weighted by molar-refractivity contribution is 6.31. The van der Waals surface area contributed by atoms with Gasteiger partial charge in [-0.3, -0.25) is 0 Å². The van der Waals surface area contributed by atoms with Crippen LogP contribution in [0, 0.1) is 6.92 Å². The van der Waals surface area contributed by atoms with Gasteiger partial charge in [-0.2, -0.15) is 4.98 Å². The van der Waals surface area contributed by atoms with E-state index in [4.69, 9.17) is 16.1 Å². The molecule has 0 amide bonds. The number of aromatic nitrogens is 2. The van der Waals surface area contributed by atoms with Crippen molar-refractivity contribution >= 4 is 11.6 Å². The average Bonchev–Trinajstić information content (AvgIpc) is 2.90. The Balaban J connectivity index is 1.86. The highest BCUT2D eigenvalue weighted by atomic mass is 35.5. The van der Waals surface area contributed by atoms with Crippen LogP contribution < -0.4 is 0 Å². The molecule has 0 saturated heterocycles. The van der Waals surface area contributed by atoms with E-state index in [1.54, 1.807) is 0 Å². The van der Waals surface area contributed by atoms with Crippen LogP contribution >= 0.6 is 11.6 Å². The van der Waals surface area contributed by atoms with Crippen molar-refractivity contribution in [2.75, 3.05) is 0 Å². The molecule has 0 aliphatic carbocycles. The van der Waals surface area contributed by atoms with Crippen molar-refractivity contribution in [2.45, 2.75) is 13.3 Å². The van der Waals surface area contributed by atoms with E-state index in [9.17, 15) is 0 Å². The standard InChI is InChI=1S/C16H13ClN2O/c1-11-5-4-7-13(9-11)16-18-15(19-20-16)10-12-6-2-3-8-14(12)17/h2-9H,10H2,1H3. The molecule has 3 aromatic rings. The highest BCUT2D eigenvalue weighted by Gasteiger charge is 2.10. The summed E-state index contributed by atoms with van der Waals surface area (Å²) in [5.41, 5.74) is 3.09. The Hall–Kier alpha value is -2.13. The maximum Gasteiger partial charge on any atom is 0.257 e. The fourth-order valence-corrected chi connectivity index (χ4v) is 2.24. The summed E-state index contributed by atoms with van der Waals surface area (Å²) in [5.74, 6) is 1.17. The smallest absolute Gasteiger partial charge is 0.257 e. The average molecular weight is 285 g/mol. The van der Waals surface area contributed by atoms with Gasteiger partial charge in [0.1, 0.15) is 0 Å². The van der Waals surface area contributed by atoms with Crippen molar-refractivity contribution in [3.8, 4) is 11.5 Å². The molecular weight excluding hydrogens is 272 g/mol. The van der Waals surface area contributed by atoms with Gasteiger partial charge in [0.05, 0.1) is 0 Å². The summed E-state index contributed by atoms with van der Waals surface area (Å²) < 4.78 is 5.31. The summed E-state index contributed by atoms with van der Waals surface area (Å²) in [6.45, 7) is 2.03. The van der Waals surface area contributed by atoms with Crippen molar-refractivity contribution in [1.82, 2.24) is 10.1 Å². The van der Waals surface area contributed by atoms with E-state index < -0.39 is 0 Å². The number of rotatable bonds is 3. The van der Waals surface area contributed by atoms with E-state index in [2.05, 4.69) is 10.1 Å². The van der Waals surface area contributed by atoms with E-state index in [1.165, 1.54) is 0 Å². The third-order valence-electron chi connectivity index (χ3n) is 3.04. The normalized spacial score (nSPS) is 10.7. The minimum Gasteiger partial charge on any atom is -0.334 e. The highest BCUT2D eigenvalue weighted by Crippen LogP contribution is 2.21. The Morgan fingerprint density at radius 1 is 1.10 bits per heavy atom. The van der Waals surface area contributed by atoms with E-state index in [-0.39, 0.29) is 0 Å². The summed E-state index contributed by atoms with van der Waals surface area (Å²) in [7, 11) is 0. The quantitative estimate of drug-likeness (QED) is 0.720. The molecule has 1 aromatic heterocycles. The van der Waals surface area contributed by atoms with Crippen LogP contribution in [0.5, 0.6) is 0 Å². The second kappa shape index (κ2) is 5.47. The van der Waals surface area contributed by atoms with E-state index >= 15 is 0 Å².